The lowest BCUT2D eigenvalue weighted by Gasteiger charge is -1.81. The maximum atomic E-state index is 7.92. The van der Waals surface area contributed by atoms with Gasteiger partial charge in [0.15, 0.2) is 0 Å². The maximum Gasteiger partial charge on any atom is 0.0537 e. The van der Waals surface area contributed by atoms with Gasteiger partial charge in [-0.2, -0.15) is 0 Å². The molecule has 0 bridgehead atoms. The van der Waals surface area contributed by atoms with Gasteiger partial charge in [0.25, 0.3) is 0 Å². The van der Waals surface area contributed by atoms with Crippen molar-refractivity contribution < 1.29 is 10.4 Å². The molecule has 0 saturated heterocycles. The van der Waals surface area contributed by atoms with E-state index >= 15 is 0 Å². The van der Waals surface area contributed by atoms with Gasteiger partial charge in [0.2, 0.25) is 0 Å². The number of rotatable bonds is 1. The molecule has 0 aromatic rings. The molecule has 4 heteroatoms. The molecule has 0 radical (unpaired) electrons. The van der Waals surface area contributed by atoms with E-state index in [0.717, 1.165) is 12.1 Å². The lowest BCUT2D eigenvalue weighted by atomic mass is 10.3. The molecule has 4 nitrogen and oxygen atoms in total. The molecule has 0 aliphatic carbocycles. The van der Waals surface area contributed by atoms with Crippen molar-refractivity contribution in [3.05, 3.63) is 0 Å². The minimum atomic E-state index is 0.773. The number of hydrogen-bond acceptors (Lipinski definition) is 4. The molecule has 10 heavy (non-hydrogen) atoms. The van der Waals surface area contributed by atoms with Crippen molar-refractivity contribution in [2.24, 2.45) is 10.3 Å². The Morgan fingerprint density at radius 2 is 1.90 bits per heavy atom. The van der Waals surface area contributed by atoms with Crippen LogP contribution in [0.3, 0.4) is 0 Å². The highest BCUT2D eigenvalue weighted by Gasteiger charge is 1.77. The molecule has 0 amide bonds. The summed E-state index contributed by atoms with van der Waals surface area (Å²) in [5, 5.41) is 20.9. The third kappa shape index (κ3) is 15.8. The second-order valence-electron chi connectivity index (χ2n) is 1.56. The van der Waals surface area contributed by atoms with Gasteiger partial charge in [-0.15, -0.1) is 5.16 Å². The Balaban J connectivity index is 0. The first-order valence-electron chi connectivity index (χ1n) is 3.02. The molecule has 0 heterocycles. The lowest BCUT2D eigenvalue weighted by Crippen LogP contribution is -1.83. The average Bonchev–Trinajstić information content (AvgIpc) is 2.03. The molecule has 0 aliphatic heterocycles. The van der Waals surface area contributed by atoms with Gasteiger partial charge in [-0.3, -0.25) is 0 Å². The maximum absolute atomic E-state index is 7.92. The van der Waals surface area contributed by atoms with Gasteiger partial charge in [0.05, 0.1) is 5.71 Å². The van der Waals surface area contributed by atoms with Gasteiger partial charge in [0, 0.05) is 6.21 Å². The number of nitrogens with zero attached hydrogens (tertiary/aromatic N) is 2. The normalized spacial score (nSPS) is 10.9. The zero-order valence-corrected chi connectivity index (χ0v) is 6.57. The Bertz CT molecular complexity index is 106. The van der Waals surface area contributed by atoms with Crippen molar-refractivity contribution in [2.75, 3.05) is 0 Å². The lowest BCUT2D eigenvalue weighted by molar-refractivity contribution is 0.317. The van der Waals surface area contributed by atoms with E-state index in [1.165, 1.54) is 6.21 Å². The fourth-order valence-corrected chi connectivity index (χ4v) is 0.0707. The van der Waals surface area contributed by atoms with Crippen LogP contribution in [0.4, 0.5) is 0 Å². The molecule has 60 valence electrons. The van der Waals surface area contributed by atoms with E-state index in [9.17, 15) is 0 Å². The van der Waals surface area contributed by atoms with Crippen LogP contribution in [0.1, 0.15) is 27.2 Å². The first-order valence-corrected chi connectivity index (χ1v) is 3.02. The molecule has 0 aliphatic rings. The summed E-state index contributed by atoms with van der Waals surface area (Å²) in [4.78, 5) is 0. The SMILES string of the molecule is CC=NO.CCC(C)=NO. The second kappa shape index (κ2) is 10.8. The van der Waals surface area contributed by atoms with Crippen LogP contribution in [0.25, 0.3) is 0 Å². The molecule has 0 fully saturated rings. The minimum Gasteiger partial charge on any atom is -0.411 e. The highest BCUT2D eigenvalue weighted by Crippen LogP contribution is 1.78. The third-order valence-electron chi connectivity index (χ3n) is 0.798. The van der Waals surface area contributed by atoms with Crippen molar-refractivity contribution in [1.82, 2.24) is 0 Å². The minimum absolute atomic E-state index is 0.773. The monoisotopic (exact) mass is 146 g/mol. The van der Waals surface area contributed by atoms with Gasteiger partial charge < -0.3 is 10.4 Å². The summed E-state index contributed by atoms with van der Waals surface area (Å²) in [5.74, 6) is 0. The Morgan fingerprint density at radius 1 is 1.50 bits per heavy atom. The highest BCUT2D eigenvalue weighted by molar-refractivity contribution is 5.80. The molecule has 0 atom stereocenters. The largest absolute Gasteiger partial charge is 0.411 e. The van der Waals surface area contributed by atoms with Crippen LogP contribution in [0, 0.1) is 0 Å². The Labute approximate surface area is 60.9 Å². The molecule has 0 spiro atoms. The van der Waals surface area contributed by atoms with Crippen molar-refractivity contribution in [1.29, 1.82) is 0 Å². The van der Waals surface area contributed by atoms with Crippen LogP contribution in [0.15, 0.2) is 10.3 Å². The highest BCUT2D eigenvalue weighted by atomic mass is 16.4. The Morgan fingerprint density at radius 3 is 1.90 bits per heavy atom. The van der Waals surface area contributed by atoms with Gasteiger partial charge in [-0.25, -0.2) is 0 Å². The van der Waals surface area contributed by atoms with Crippen molar-refractivity contribution in [3.8, 4) is 0 Å². The molecule has 0 aromatic carbocycles. The van der Waals surface area contributed by atoms with Crippen LogP contribution < -0.4 is 0 Å². The van der Waals surface area contributed by atoms with Crippen molar-refractivity contribution in [2.45, 2.75) is 27.2 Å². The first kappa shape index (κ1) is 11.7. The van der Waals surface area contributed by atoms with Gasteiger partial charge >= 0.3 is 0 Å². The van der Waals surface area contributed by atoms with Crippen LogP contribution in [0.2, 0.25) is 0 Å². The standard InChI is InChI=1S/C4H9NO.C2H5NO/c1-3-4(2)5-6;1-2-3-4/h6H,3H2,1-2H3;2,4H,1H3. The number of hydrogen-bond donors (Lipinski definition) is 2. The Hall–Kier alpha value is -1.06. The average molecular weight is 146 g/mol. The fraction of sp³-hybridized carbons (Fsp3) is 0.667. The molecule has 0 rings (SSSR count). The topological polar surface area (TPSA) is 65.2 Å². The molecule has 2 N–H and O–H groups in total. The quantitative estimate of drug-likeness (QED) is 0.336. The summed E-state index contributed by atoms with van der Waals surface area (Å²) in [6.45, 7) is 5.36. The molecule has 0 unspecified atom stereocenters. The zero-order valence-electron chi connectivity index (χ0n) is 6.57. The summed E-state index contributed by atoms with van der Waals surface area (Å²) in [7, 11) is 0. The van der Waals surface area contributed by atoms with E-state index in [2.05, 4.69) is 10.3 Å². The van der Waals surface area contributed by atoms with Crippen LogP contribution in [-0.2, 0) is 0 Å². The summed E-state index contributed by atoms with van der Waals surface area (Å²) in [6.07, 6.45) is 2.14. The molecule has 0 saturated carbocycles. The molecular weight excluding hydrogens is 132 g/mol. The zero-order chi connectivity index (χ0) is 8.41. The van der Waals surface area contributed by atoms with E-state index < -0.39 is 0 Å². The van der Waals surface area contributed by atoms with Gasteiger partial charge in [0.1, 0.15) is 0 Å². The predicted molar refractivity (Wildman–Crippen MR) is 41.1 cm³/mol. The van der Waals surface area contributed by atoms with E-state index in [1.807, 2.05) is 6.92 Å². The smallest absolute Gasteiger partial charge is 0.0537 e. The van der Waals surface area contributed by atoms with Gasteiger partial charge in [-0.1, -0.05) is 12.1 Å². The van der Waals surface area contributed by atoms with Gasteiger partial charge in [-0.05, 0) is 20.3 Å². The van der Waals surface area contributed by atoms with E-state index in [-0.39, 0.29) is 0 Å². The van der Waals surface area contributed by atoms with E-state index in [1.54, 1.807) is 13.8 Å². The molecule has 0 aromatic heterocycles. The second-order valence-corrected chi connectivity index (χ2v) is 1.56. The van der Waals surface area contributed by atoms with E-state index in [0.29, 0.717) is 0 Å². The predicted octanol–water partition coefficient (Wildman–Crippen LogP) is 1.71. The molecular formula is C6H14N2O2. The van der Waals surface area contributed by atoms with Crippen molar-refractivity contribution >= 4 is 11.9 Å². The summed E-state index contributed by atoms with van der Waals surface area (Å²) in [6, 6.07) is 0. The number of oxime groups is 2. The van der Waals surface area contributed by atoms with Crippen LogP contribution in [0.5, 0.6) is 0 Å². The van der Waals surface area contributed by atoms with Crippen LogP contribution >= 0.6 is 0 Å². The summed E-state index contributed by atoms with van der Waals surface area (Å²) >= 11 is 0. The summed E-state index contributed by atoms with van der Waals surface area (Å²) < 4.78 is 0. The Kier molecular flexibility index (Phi) is 12.7. The van der Waals surface area contributed by atoms with Crippen LogP contribution in [-0.4, -0.2) is 22.3 Å². The fourth-order valence-electron chi connectivity index (χ4n) is 0.0707. The summed E-state index contributed by atoms with van der Waals surface area (Å²) in [5.41, 5.74) is 0.773. The van der Waals surface area contributed by atoms with Crippen molar-refractivity contribution in [3.63, 3.8) is 0 Å². The third-order valence-corrected chi connectivity index (χ3v) is 0.798. The first-order chi connectivity index (χ1) is 4.72. The van der Waals surface area contributed by atoms with E-state index in [4.69, 9.17) is 10.4 Å².